The lowest BCUT2D eigenvalue weighted by Crippen LogP contribution is -2.08. The fourth-order valence-electron chi connectivity index (χ4n) is 1.58. The van der Waals surface area contributed by atoms with E-state index < -0.39 is 5.82 Å². The molecule has 0 radical (unpaired) electrons. The number of nitrogens with one attached hydrogen (secondary N) is 2. The summed E-state index contributed by atoms with van der Waals surface area (Å²) in [6, 6.07) is 0. The Morgan fingerprint density at radius 2 is 2.33 bits per heavy atom. The fraction of sp³-hybridized carbons (Fsp3) is 0.167. The van der Waals surface area contributed by atoms with Gasteiger partial charge in [0, 0.05) is 19.2 Å². The molecular formula is C12H12ClFN4. The van der Waals surface area contributed by atoms with Crippen LogP contribution in [0.4, 0.5) is 10.2 Å². The average Bonchev–Trinajstić information content (AvgIpc) is 2.35. The van der Waals surface area contributed by atoms with Gasteiger partial charge in [-0.1, -0.05) is 12.2 Å². The van der Waals surface area contributed by atoms with E-state index in [0.717, 1.165) is 17.5 Å². The van der Waals surface area contributed by atoms with Crippen molar-refractivity contribution in [3.8, 4) is 0 Å². The van der Waals surface area contributed by atoms with Gasteiger partial charge in [0.25, 0.3) is 0 Å². The van der Waals surface area contributed by atoms with E-state index in [1.807, 2.05) is 31.5 Å². The first-order valence-corrected chi connectivity index (χ1v) is 5.75. The monoisotopic (exact) mass is 266 g/mol. The van der Waals surface area contributed by atoms with Crippen LogP contribution >= 0.6 is 11.6 Å². The molecule has 0 spiro atoms. The molecule has 0 atom stereocenters. The van der Waals surface area contributed by atoms with Crippen LogP contribution in [-0.4, -0.2) is 17.0 Å². The van der Waals surface area contributed by atoms with Crippen molar-refractivity contribution in [2.75, 3.05) is 12.4 Å². The van der Waals surface area contributed by atoms with E-state index in [1.54, 1.807) is 0 Å². The second-order valence-corrected chi connectivity index (χ2v) is 4.03. The van der Waals surface area contributed by atoms with Crippen LogP contribution in [0.15, 0.2) is 41.9 Å². The molecule has 0 aliphatic heterocycles. The highest BCUT2D eigenvalue weighted by Gasteiger charge is 2.10. The maximum atomic E-state index is 13.5. The Hall–Kier alpha value is -1.88. The molecular weight excluding hydrogens is 255 g/mol. The molecule has 1 aromatic heterocycles. The summed E-state index contributed by atoms with van der Waals surface area (Å²) in [5.74, 6) is -0.450. The molecule has 2 rings (SSSR count). The van der Waals surface area contributed by atoms with Crippen LogP contribution in [0, 0.1) is 5.82 Å². The lowest BCUT2D eigenvalue weighted by atomic mass is 10.1. The molecule has 0 aromatic carbocycles. The minimum Gasteiger partial charge on any atom is -0.394 e. The van der Waals surface area contributed by atoms with Gasteiger partial charge >= 0.3 is 0 Å². The summed E-state index contributed by atoms with van der Waals surface area (Å²) >= 11 is 5.63. The minimum absolute atomic E-state index is 0.0110. The number of anilines is 1. The molecule has 1 aliphatic rings. The third-order valence-electron chi connectivity index (χ3n) is 2.33. The Balaban J connectivity index is 2.15. The third kappa shape index (κ3) is 3.07. The molecule has 0 unspecified atom stereocenters. The van der Waals surface area contributed by atoms with Crippen LogP contribution < -0.4 is 10.6 Å². The molecule has 0 saturated heterocycles. The average molecular weight is 267 g/mol. The van der Waals surface area contributed by atoms with E-state index >= 15 is 0 Å². The standard InChI is InChI=1S/C12H12ClFN4/c1-15-6-8-3-2-4-9(5-8)17-11-10(14)7-16-12(13)18-11/h2-4,6-7,15H,5H2,1H3,(H,16,17,18)/b8-6+. The van der Waals surface area contributed by atoms with Gasteiger partial charge in [-0.25, -0.2) is 9.37 Å². The lowest BCUT2D eigenvalue weighted by molar-refractivity contribution is 0.618. The van der Waals surface area contributed by atoms with Crippen LogP contribution in [0.25, 0.3) is 0 Å². The number of allylic oxidation sites excluding steroid dienone is 4. The van der Waals surface area contributed by atoms with Gasteiger partial charge < -0.3 is 10.6 Å². The number of nitrogens with zero attached hydrogens (tertiary/aromatic N) is 2. The molecule has 1 aliphatic carbocycles. The van der Waals surface area contributed by atoms with Crippen molar-refractivity contribution in [2.24, 2.45) is 0 Å². The number of hydrogen-bond acceptors (Lipinski definition) is 4. The number of hydrogen-bond donors (Lipinski definition) is 2. The predicted octanol–water partition coefficient (Wildman–Crippen LogP) is 2.63. The van der Waals surface area contributed by atoms with Gasteiger partial charge in [-0.2, -0.15) is 4.98 Å². The molecule has 0 fully saturated rings. The molecule has 0 amide bonds. The predicted molar refractivity (Wildman–Crippen MR) is 69.6 cm³/mol. The van der Waals surface area contributed by atoms with Crippen molar-refractivity contribution in [3.05, 3.63) is 53.0 Å². The first-order chi connectivity index (χ1) is 8.69. The van der Waals surface area contributed by atoms with Gasteiger partial charge in [-0.3, -0.25) is 0 Å². The maximum Gasteiger partial charge on any atom is 0.224 e. The zero-order valence-corrected chi connectivity index (χ0v) is 10.5. The molecule has 1 heterocycles. The number of aromatic nitrogens is 2. The molecule has 0 bridgehead atoms. The van der Waals surface area contributed by atoms with Gasteiger partial charge in [-0.05, 0) is 29.5 Å². The van der Waals surface area contributed by atoms with Gasteiger partial charge in [0.1, 0.15) is 0 Å². The summed E-state index contributed by atoms with van der Waals surface area (Å²) < 4.78 is 13.5. The summed E-state index contributed by atoms with van der Waals surface area (Å²) in [6.07, 6.45) is 9.32. The quantitative estimate of drug-likeness (QED) is 0.826. The van der Waals surface area contributed by atoms with Crippen LogP contribution in [0.3, 0.4) is 0 Å². The van der Waals surface area contributed by atoms with E-state index in [1.165, 1.54) is 0 Å². The zero-order valence-electron chi connectivity index (χ0n) is 9.74. The maximum absolute atomic E-state index is 13.5. The molecule has 0 saturated carbocycles. The molecule has 4 nitrogen and oxygen atoms in total. The van der Waals surface area contributed by atoms with Crippen molar-refractivity contribution in [1.82, 2.24) is 15.3 Å². The Morgan fingerprint density at radius 3 is 3.11 bits per heavy atom. The molecule has 2 N–H and O–H groups in total. The molecule has 1 aromatic rings. The lowest BCUT2D eigenvalue weighted by Gasteiger charge is -2.14. The van der Waals surface area contributed by atoms with E-state index in [-0.39, 0.29) is 11.1 Å². The Morgan fingerprint density at radius 1 is 1.50 bits per heavy atom. The molecule has 6 heteroatoms. The smallest absolute Gasteiger partial charge is 0.224 e. The zero-order chi connectivity index (χ0) is 13.0. The Kier molecular flexibility index (Phi) is 3.94. The van der Waals surface area contributed by atoms with E-state index in [2.05, 4.69) is 20.6 Å². The van der Waals surface area contributed by atoms with Gasteiger partial charge in [0.2, 0.25) is 5.28 Å². The van der Waals surface area contributed by atoms with Crippen molar-refractivity contribution in [3.63, 3.8) is 0 Å². The number of rotatable bonds is 3. The SMILES string of the molecule is CN/C=C1\C=CC=C(Nc2nc(Cl)ncc2F)C1. The van der Waals surface area contributed by atoms with Gasteiger partial charge in [-0.15, -0.1) is 0 Å². The minimum atomic E-state index is -0.533. The van der Waals surface area contributed by atoms with E-state index in [4.69, 9.17) is 11.6 Å². The summed E-state index contributed by atoms with van der Waals surface area (Å²) in [4.78, 5) is 7.37. The second kappa shape index (κ2) is 5.64. The Labute approximate surface area is 109 Å². The number of halogens is 2. The Bertz CT molecular complexity index is 537. The molecule has 94 valence electrons. The van der Waals surface area contributed by atoms with E-state index in [9.17, 15) is 4.39 Å². The van der Waals surface area contributed by atoms with Crippen LogP contribution in [0.5, 0.6) is 0 Å². The first-order valence-electron chi connectivity index (χ1n) is 5.37. The summed E-state index contributed by atoms with van der Waals surface area (Å²) in [5.41, 5.74) is 1.93. The highest BCUT2D eigenvalue weighted by atomic mass is 35.5. The summed E-state index contributed by atoms with van der Waals surface area (Å²) in [6.45, 7) is 0. The van der Waals surface area contributed by atoms with Crippen molar-refractivity contribution in [1.29, 1.82) is 0 Å². The molecule has 18 heavy (non-hydrogen) atoms. The van der Waals surface area contributed by atoms with Crippen molar-refractivity contribution < 1.29 is 4.39 Å². The van der Waals surface area contributed by atoms with Gasteiger partial charge in [0.15, 0.2) is 11.6 Å². The van der Waals surface area contributed by atoms with Crippen LogP contribution in [-0.2, 0) is 0 Å². The van der Waals surface area contributed by atoms with Crippen LogP contribution in [0.2, 0.25) is 5.28 Å². The largest absolute Gasteiger partial charge is 0.394 e. The van der Waals surface area contributed by atoms with Crippen LogP contribution in [0.1, 0.15) is 6.42 Å². The fourth-order valence-corrected chi connectivity index (χ4v) is 1.71. The third-order valence-corrected chi connectivity index (χ3v) is 2.51. The highest BCUT2D eigenvalue weighted by molar-refractivity contribution is 6.28. The van der Waals surface area contributed by atoms with E-state index in [0.29, 0.717) is 6.42 Å². The normalized spacial score (nSPS) is 16.6. The summed E-state index contributed by atoms with van der Waals surface area (Å²) in [5, 5.41) is 5.87. The first kappa shape index (κ1) is 12.6. The topological polar surface area (TPSA) is 49.8 Å². The summed E-state index contributed by atoms with van der Waals surface area (Å²) in [7, 11) is 1.83. The highest BCUT2D eigenvalue weighted by Crippen LogP contribution is 2.21. The van der Waals surface area contributed by atoms with Crippen molar-refractivity contribution >= 4 is 17.4 Å². The second-order valence-electron chi connectivity index (χ2n) is 3.70. The van der Waals surface area contributed by atoms with Crippen molar-refractivity contribution in [2.45, 2.75) is 6.42 Å². The van der Waals surface area contributed by atoms with Gasteiger partial charge in [0.05, 0.1) is 6.20 Å².